The Morgan fingerprint density at radius 2 is 1.14 bits per heavy atom. The summed E-state index contributed by atoms with van der Waals surface area (Å²) >= 11 is 0. The van der Waals surface area contributed by atoms with Crippen molar-refractivity contribution in [2.75, 3.05) is 13.2 Å². The van der Waals surface area contributed by atoms with Crippen LogP contribution in [-0.4, -0.2) is 107 Å². The van der Waals surface area contributed by atoms with Crippen LogP contribution in [0.2, 0.25) is 0 Å². The van der Waals surface area contributed by atoms with E-state index in [-0.39, 0.29) is 6.42 Å². The molecule has 0 aromatic carbocycles. The molecule has 0 radical (unpaired) electrons. The monoisotopic (exact) mass is 850 g/mol. The quantitative estimate of drug-likeness (QED) is 0.0183. The summed E-state index contributed by atoms with van der Waals surface area (Å²) in [4.78, 5) is 13.0. The van der Waals surface area contributed by atoms with E-state index in [9.17, 15) is 38.7 Å². The molecule has 0 aromatic heterocycles. The van der Waals surface area contributed by atoms with Crippen molar-refractivity contribution in [3.63, 3.8) is 0 Å². The number of nitrogens with one attached hydrogen (secondary N) is 1. The summed E-state index contributed by atoms with van der Waals surface area (Å²) in [6.45, 7) is 3.13. The molecule has 8 atom stereocenters. The zero-order valence-electron chi connectivity index (χ0n) is 36.0. The molecule has 58 heavy (non-hydrogen) atoms. The zero-order chi connectivity index (χ0) is 42.9. The number of aliphatic hydroxyl groups is 5. The number of rotatable bonds is 38. The first kappa shape index (κ1) is 54.6. The molecule has 7 N–H and O–H groups in total. The van der Waals surface area contributed by atoms with Gasteiger partial charge in [0.15, 0.2) is 6.29 Å². The third-order valence-electron chi connectivity index (χ3n) is 10.8. The average Bonchev–Trinajstić information content (AvgIpc) is 3.19. The van der Waals surface area contributed by atoms with Gasteiger partial charge in [-0.1, -0.05) is 167 Å². The van der Waals surface area contributed by atoms with Gasteiger partial charge in [0.1, 0.15) is 30.5 Å². The van der Waals surface area contributed by atoms with Gasteiger partial charge in [0.25, 0.3) is 0 Å². The van der Waals surface area contributed by atoms with Crippen LogP contribution in [0, 0.1) is 0 Å². The van der Waals surface area contributed by atoms with Gasteiger partial charge in [-0.2, -0.15) is 8.42 Å². The third kappa shape index (κ3) is 27.4. The molecule has 8 unspecified atom stereocenters. The van der Waals surface area contributed by atoms with Gasteiger partial charge in [-0.25, -0.2) is 4.18 Å². The third-order valence-corrected chi connectivity index (χ3v) is 11.3. The molecule has 1 saturated heterocycles. The molecule has 0 aromatic rings. The highest BCUT2D eigenvalue weighted by atomic mass is 32.3. The van der Waals surface area contributed by atoms with Gasteiger partial charge in [-0.05, 0) is 44.9 Å². The fraction of sp³-hybridized carbons (Fsp3) is 0.886. The van der Waals surface area contributed by atoms with Crippen LogP contribution in [0.4, 0.5) is 0 Å². The van der Waals surface area contributed by atoms with Crippen molar-refractivity contribution < 1.29 is 57.0 Å². The van der Waals surface area contributed by atoms with E-state index in [4.69, 9.17) is 14.0 Å². The predicted octanol–water partition coefficient (Wildman–Crippen LogP) is 7.52. The Labute approximate surface area is 351 Å². The molecule has 1 aliphatic rings. The minimum absolute atomic E-state index is 0.236. The number of ether oxygens (including phenoxy) is 2. The number of unbranched alkanes of at least 4 members (excludes halogenated alkanes) is 23. The molecule has 14 heteroatoms. The molecule has 1 heterocycles. The molecule has 0 bridgehead atoms. The first-order valence-electron chi connectivity index (χ1n) is 22.8. The summed E-state index contributed by atoms with van der Waals surface area (Å²) in [6.07, 6.45) is 27.4. The number of hydrogen-bond donors (Lipinski definition) is 7. The highest BCUT2D eigenvalue weighted by molar-refractivity contribution is 7.80. The van der Waals surface area contributed by atoms with Crippen molar-refractivity contribution in [2.24, 2.45) is 0 Å². The lowest BCUT2D eigenvalue weighted by Gasteiger charge is -2.41. The maximum atomic E-state index is 13.0. The maximum absolute atomic E-state index is 13.0. The molecular weight excluding hydrogens is 767 g/mol. The van der Waals surface area contributed by atoms with Crippen molar-refractivity contribution in [3.05, 3.63) is 24.3 Å². The van der Waals surface area contributed by atoms with Gasteiger partial charge in [0.2, 0.25) is 5.91 Å². The van der Waals surface area contributed by atoms with Crippen LogP contribution in [0.5, 0.6) is 0 Å². The molecule has 1 rings (SSSR count). The minimum atomic E-state index is -5.11. The highest BCUT2D eigenvalue weighted by Gasteiger charge is 2.48. The Kier molecular flexibility index (Phi) is 33.1. The number of carbonyl (C=O) groups excluding carboxylic acids is 1. The van der Waals surface area contributed by atoms with E-state index in [1.807, 2.05) is 0 Å². The molecule has 1 fully saturated rings. The Balaban J connectivity index is 2.42. The normalized spacial score (nSPS) is 21.8. The van der Waals surface area contributed by atoms with Crippen LogP contribution in [0.1, 0.15) is 187 Å². The first-order valence-corrected chi connectivity index (χ1v) is 24.2. The SMILES string of the molecule is CCCCCCC/C=C/C(O)C(COC1OC(CO)C(O)C(OS(=O)(=O)O)C1O)NC(=O)C(O)CCCCCCCC/C=C\CCCCCCCCCCCCCC. The lowest BCUT2D eigenvalue weighted by molar-refractivity contribution is -0.298. The summed E-state index contributed by atoms with van der Waals surface area (Å²) in [5.74, 6) is -0.711. The van der Waals surface area contributed by atoms with Crippen LogP contribution >= 0.6 is 0 Å². The number of hydrogen-bond acceptors (Lipinski definition) is 11. The summed E-state index contributed by atoms with van der Waals surface area (Å²) < 4.78 is 47.3. The zero-order valence-corrected chi connectivity index (χ0v) is 36.8. The van der Waals surface area contributed by atoms with E-state index >= 15 is 0 Å². The Hall–Kier alpha value is -1.46. The smallest absolute Gasteiger partial charge is 0.394 e. The van der Waals surface area contributed by atoms with E-state index < -0.39 is 78.5 Å². The summed E-state index contributed by atoms with van der Waals surface area (Å²) in [6, 6.07) is -1.12. The summed E-state index contributed by atoms with van der Waals surface area (Å²) in [7, 11) is -5.11. The van der Waals surface area contributed by atoms with Crippen LogP contribution in [0.15, 0.2) is 24.3 Å². The molecular formula is C44H83NO12S. The van der Waals surface area contributed by atoms with Gasteiger partial charge >= 0.3 is 10.4 Å². The number of carbonyl (C=O) groups is 1. The van der Waals surface area contributed by atoms with E-state index in [1.54, 1.807) is 6.08 Å². The van der Waals surface area contributed by atoms with E-state index in [0.29, 0.717) is 12.8 Å². The second-order valence-corrected chi connectivity index (χ2v) is 17.2. The molecule has 0 aliphatic carbocycles. The van der Waals surface area contributed by atoms with Crippen molar-refractivity contribution >= 4 is 16.3 Å². The Bertz CT molecular complexity index is 1160. The van der Waals surface area contributed by atoms with Gasteiger partial charge in [0, 0.05) is 0 Å². The molecule has 0 spiro atoms. The fourth-order valence-corrected chi connectivity index (χ4v) is 7.67. The van der Waals surface area contributed by atoms with Crippen LogP contribution in [0.25, 0.3) is 0 Å². The Morgan fingerprint density at radius 3 is 1.60 bits per heavy atom. The second-order valence-electron chi connectivity index (χ2n) is 16.1. The standard InChI is InChI=1S/C44H83NO12S/c1-3-5-7-9-11-12-13-14-15-16-17-18-19-20-21-22-23-24-25-27-29-31-33-38(48)43(51)45-36(37(47)32-30-28-26-10-8-6-4-2)35-55-44-41(50)42(57-58(52,53)54)40(49)39(34-46)56-44/h20-21,30,32,36-42,44,46-50H,3-19,22-29,31,33-35H2,1-2H3,(H,45,51)(H,52,53,54)/b21-20-,32-30+. The van der Waals surface area contributed by atoms with Crippen molar-refractivity contribution in [1.29, 1.82) is 0 Å². The van der Waals surface area contributed by atoms with E-state index in [0.717, 1.165) is 70.6 Å². The second kappa shape index (κ2) is 35.2. The van der Waals surface area contributed by atoms with Crippen molar-refractivity contribution in [1.82, 2.24) is 5.32 Å². The van der Waals surface area contributed by atoms with Gasteiger partial charge in [0.05, 0.1) is 25.4 Å². The highest BCUT2D eigenvalue weighted by Crippen LogP contribution is 2.26. The van der Waals surface area contributed by atoms with Crippen molar-refractivity contribution in [3.8, 4) is 0 Å². The number of amides is 1. The van der Waals surface area contributed by atoms with E-state index in [1.165, 1.54) is 89.5 Å². The predicted molar refractivity (Wildman–Crippen MR) is 228 cm³/mol. The lowest BCUT2D eigenvalue weighted by atomic mass is 9.99. The molecule has 1 amide bonds. The number of aliphatic hydroxyl groups excluding tert-OH is 5. The summed E-state index contributed by atoms with van der Waals surface area (Å²) in [5, 5.41) is 54.9. The molecule has 0 saturated carbocycles. The largest absolute Gasteiger partial charge is 0.397 e. The molecule has 1 aliphatic heterocycles. The molecule has 342 valence electrons. The van der Waals surface area contributed by atoms with E-state index in [2.05, 4.69) is 35.5 Å². The first-order chi connectivity index (χ1) is 27.9. The minimum Gasteiger partial charge on any atom is -0.394 e. The van der Waals surface area contributed by atoms with Crippen LogP contribution < -0.4 is 5.32 Å². The van der Waals surface area contributed by atoms with Gasteiger partial charge in [-0.15, -0.1) is 0 Å². The topological polar surface area (TPSA) is 212 Å². The fourth-order valence-electron chi connectivity index (χ4n) is 7.16. The Morgan fingerprint density at radius 1 is 0.690 bits per heavy atom. The molecule has 13 nitrogen and oxygen atoms in total. The average molecular weight is 850 g/mol. The lowest BCUT2D eigenvalue weighted by Crippen LogP contribution is -2.61. The van der Waals surface area contributed by atoms with Crippen LogP contribution in [0.3, 0.4) is 0 Å². The maximum Gasteiger partial charge on any atom is 0.397 e. The van der Waals surface area contributed by atoms with Crippen LogP contribution in [-0.2, 0) is 28.9 Å². The van der Waals surface area contributed by atoms with Crippen molar-refractivity contribution in [2.45, 2.75) is 236 Å². The van der Waals surface area contributed by atoms with Gasteiger partial charge in [-0.3, -0.25) is 9.35 Å². The van der Waals surface area contributed by atoms with Gasteiger partial charge < -0.3 is 40.3 Å². The summed E-state index contributed by atoms with van der Waals surface area (Å²) in [5.41, 5.74) is 0. The number of allylic oxidation sites excluding steroid dienone is 3.